The molecule has 0 aliphatic carbocycles. The maximum atomic E-state index is 5.61. The summed E-state index contributed by atoms with van der Waals surface area (Å²) in [5.41, 5.74) is 5.58. The van der Waals surface area contributed by atoms with E-state index in [1.54, 1.807) is 0 Å². The van der Waals surface area contributed by atoms with Crippen molar-refractivity contribution in [2.45, 2.75) is 12.5 Å². The van der Waals surface area contributed by atoms with Crippen LogP contribution in [-0.2, 0) is 15.1 Å². The molecule has 0 spiro atoms. The first-order valence-electron chi connectivity index (χ1n) is 5.46. The largest absolute Gasteiger partial charge is 0.379 e. The molecule has 3 rings (SSSR count). The molecule has 0 radical (unpaired) electrons. The summed E-state index contributed by atoms with van der Waals surface area (Å²) >= 11 is 3.53. The van der Waals surface area contributed by atoms with E-state index in [-0.39, 0.29) is 5.54 Å². The summed E-state index contributed by atoms with van der Waals surface area (Å²) in [5, 5.41) is 0. The number of halogens is 1. The molecule has 3 nitrogen and oxygen atoms in total. The minimum absolute atomic E-state index is 0.145. The summed E-state index contributed by atoms with van der Waals surface area (Å²) < 4.78 is 6.71. The fraction of sp³-hybridized carbons (Fsp3) is 0.500. The van der Waals surface area contributed by atoms with Crippen LogP contribution in [0.25, 0.3) is 0 Å². The monoisotopic (exact) mass is 283 g/mol. The molecule has 1 N–H and O–H groups in total. The van der Waals surface area contributed by atoms with Gasteiger partial charge in [-0.2, -0.15) is 5.48 Å². The Morgan fingerprint density at radius 1 is 1.44 bits per heavy atom. The van der Waals surface area contributed by atoms with Gasteiger partial charge in [-0.1, -0.05) is 22.0 Å². The van der Waals surface area contributed by atoms with Crippen LogP contribution in [0.4, 0.5) is 0 Å². The molecule has 2 saturated heterocycles. The third-order valence-electron chi connectivity index (χ3n) is 3.56. The van der Waals surface area contributed by atoms with Crippen molar-refractivity contribution in [2.75, 3.05) is 19.8 Å². The number of benzene rings is 1. The number of hydrogen-bond acceptors (Lipinski definition) is 3. The summed E-state index contributed by atoms with van der Waals surface area (Å²) in [6.45, 7) is 4.33. The van der Waals surface area contributed by atoms with Gasteiger partial charge in [-0.15, -0.1) is 0 Å². The molecule has 2 aliphatic heterocycles. The first-order chi connectivity index (χ1) is 7.72. The Morgan fingerprint density at radius 3 is 3.19 bits per heavy atom. The molecule has 2 atom stereocenters. The highest BCUT2D eigenvalue weighted by Crippen LogP contribution is 2.41. The minimum Gasteiger partial charge on any atom is -0.379 e. The van der Waals surface area contributed by atoms with Crippen LogP contribution >= 0.6 is 15.9 Å². The maximum Gasteiger partial charge on any atom is 0.0989 e. The Kier molecular flexibility index (Phi) is 2.55. The molecule has 16 heavy (non-hydrogen) atoms. The van der Waals surface area contributed by atoms with Crippen molar-refractivity contribution >= 4 is 15.9 Å². The van der Waals surface area contributed by atoms with Crippen LogP contribution in [0.5, 0.6) is 0 Å². The van der Waals surface area contributed by atoms with E-state index in [2.05, 4.69) is 46.5 Å². The van der Waals surface area contributed by atoms with Gasteiger partial charge in [0.2, 0.25) is 0 Å². The summed E-state index contributed by atoms with van der Waals surface area (Å²) in [5.74, 6) is 0.417. The quantitative estimate of drug-likeness (QED) is 0.857. The Morgan fingerprint density at radius 2 is 2.31 bits per heavy atom. The van der Waals surface area contributed by atoms with E-state index in [0.717, 1.165) is 17.7 Å². The van der Waals surface area contributed by atoms with E-state index in [4.69, 9.17) is 9.57 Å². The van der Waals surface area contributed by atoms with Crippen LogP contribution in [-0.4, -0.2) is 19.8 Å². The Labute approximate surface area is 103 Å². The van der Waals surface area contributed by atoms with Crippen LogP contribution < -0.4 is 5.48 Å². The number of fused-ring (bicyclic) bond motifs is 1. The molecular weight excluding hydrogens is 270 g/mol. The van der Waals surface area contributed by atoms with Crippen LogP contribution in [0.2, 0.25) is 0 Å². The Hall–Kier alpha value is -0.420. The first-order valence-corrected chi connectivity index (χ1v) is 6.25. The smallest absolute Gasteiger partial charge is 0.0989 e. The fourth-order valence-corrected chi connectivity index (χ4v) is 2.99. The van der Waals surface area contributed by atoms with Gasteiger partial charge in [0.15, 0.2) is 0 Å². The minimum atomic E-state index is -0.145. The zero-order chi connectivity index (χ0) is 11.2. The highest BCUT2D eigenvalue weighted by Gasteiger charge is 2.50. The number of nitrogens with one attached hydrogen (secondary N) is 1. The predicted octanol–water partition coefficient (Wildman–Crippen LogP) is 2.13. The van der Waals surface area contributed by atoms with E-state index in [1.807, 2.05) is 0 Å². The van der Waals surface area contributed by atoms with Gasteiger partial charge in [0, 0.05) is 10.4 Å². The van der Waals surface area contributed by atoms with Crippen molar-refractivity contribution in [2.24, 2.45) is 5.92 Å². The van der Waals surface area contributed by atoms with Gasteiger partial charge in [-0.25, -0.2) is 0 Å². The van der Waals surface area contributed by atoms with Crippen molar-refractivity contribution < 1.29 is 9.57 Å². The zero-order valence-corrected chi connectivity index (χ0v) is 10.7. The van der Waals surface area contributed by atoms with Crippen LogP contribution in [0.1, 0.15) is 11.1 Å². The fourth-order valence-electron chi connectivity index (χ4n) is 2.62. The standard InChI is InChI=1S/C12H14BrNO2/c1-8-2-3-10(13)4-11(8)12-7-15-5-9(12)6-16-14-12/h2-4,9,14H,5-7H2,1H3/t9-,12-/m1/s1. The van der Waals surface area contributed by atoms with E-state index >= 15 is 0 Å². The van der Waals surface area contributed by atoms with Crippen molar-refractivity contribution in [3.05, 3.63) is 33.8 Å². The van der Waals surface area contributed by atoms with Crippen molar-refractivity contribution in [1.82, 2.24) is 5.48 Å². The highest BCUT2D eigenvalue weighted by atomic mass is 79.9. The van der Waals surface area contributed by atoms with Crippen LogP contribution in [0, 0.1) is 12.8 Å². The molecule has 0 saturated carbocycles. The lowest BCUT2D eigenvalue weighted by Gasteiger charge is -2.28. The summed E-state index contributed by atoms with van der Waals surface area (Å²) in [4.78, 5) is 5.42. The first kappa shape index (κ1) is 10.7. The van der Waals surface area contributed by atoms with E-state index < -0.39 is 0 Å². The molecule has 86 valence electrons. The topological polar surface area (TPSA) is 30.5 Å². The van der Waals surface area contributed by atoms with Gasteiger partial charge >= 0.3 is 0 Å². The van der Waals surface area contributed by atoms with Gasteiger partial charge in [-0.3, -0.25) is 0 Å². The number of hydrogen-bond donors (Lipinski definition) is 1. The van der Waals surface area contributed by atoms with Gasteiger partial charge in [0.1, 0.15) is 0 Å². The van der Waals surface area contributed by atoms with Crippen molar-refractivity contribution in [3.8, 4) is 0 Å². The lowest BCUT2D eigenvalue weighted by atomic mass is 9.80. The molecule has 2 aliphatic rings. The lowest BCUT2D eigenvalue weighted by Crippen LogP contribution is -2.42. The van der Waals surface area contributed by atoms with E-state index in [9.17, 15) is 0 Å². The number of hydroxylamine groups is 1. The average Bonchev–Trinajstić information content (AvgIpc) is 2.80. The zero-order valence-electron chi connectivity index (χ0n) is 9.13. The van der Waals surface area contributed by atoms with Gasteiger partial charge < -0.3 is 9.57 Å². The lowest BCUT2D eigenvalue weighted by molar-refractivity contribution is 0.0249. The third kappa shape index (κ3) is 1.44. The molecule has 4 heteroatoms. The van der Waals surface area contributed by atoms with Crippen LogP contribution in [0.15, 0.2) is 22.7 Å². The van der Waals surface area contributed by atoms with Crippen molar-refractivity contribution in [1.29, 1.82) is 0 Å². The number of rotatable bonds is 1. The molecule has 1 aromatic rings. The third-order valence-corrected chi connectivity index (χ3v) is 4.06. The second-order valence-corrected chi connectivity index (χ2v) is 5.47. The molecule has 0 unspecified atom stereocenters. The summed E-state index contributed by atoms with van der Waals surface area (Å²) in [6.07, 6.45) is 0. The Bertz CT molecular complexity index is 411. The average molecular weight is 284 g/mol. The Balaban J connectivity index is 2.11. The van der Waals surface area contributed by atoms with Crippen molar-refractivity contribution in [3.63, 3.8) is 0 Å². The molecule has 0 amide bonds. The maximum absolute atomic E-state index is 5.61. The van der Waals surface area contributed by atoms with Gasteiger partial charge in [0.25, 0.3) is 0 Å². The molecule has 2 heterocycles. The number of aryl methyl sites for hydroxylation is 1. The molecule has 0 aromatic heterocycles. The van der Waals surface area contributed by atoms with Gasteiger partial charge in [0.05, 0.1) is 25.4 Å². The highest BCUT2D eigenvalue weighted by molar-refractivity contribution is 9.10. The molecule has 2 fully saturated rings. The second-order valence-electron chi connectivity index (χ2n) is 4.56. The normalized spacial score (nSPS) is 33.0. The SMILES string of the molecule is Cc1ccc(Br)cc1[C@@]12COC[C@@H]1CON2. The van der Waals surface area contributed by atoms with E-state index in [0.29, 0.717) is 12.5 Å². The molecule has 0 bridgehead atoms. The van der Waals surface area contributed by atoms with Gasteiger partial charge in [-0.05, 0) is 30.2 Å². The second kappa shape index (κ2) is 3.81. The summed E-state index contributed by atoms with van der Waals surface area (Å²) in [7, 11) is 0. The summed E-state index contributed by atoms with van der Waals surface area (Å²) in [6, 6.07) is 6.36. The van der Waals surface area contributed by atoms with E-state index in [1.165, 1.54) is 11.1 Å². The molecule has 1 aromatic carbocycles. The predicted molar refractivity (Wildman–Crippen MR) is 64.0 cm³/mol. The molecular formula is C12H14BrNO2. The number of ether oxygens (including phenoxy) is 1. The van der Waals surface area contributed by atoms with Crippen LogP contribution in [0.3, 0.4) is 0 Å².